The summed E-state index contributed by atoms with van der Waals surface area (Å²) in [6, 6.07) is 2.45. The van der Waals surface area contributed by atoms with Crippen molar-refractivity contribution in [1.29, 1.82) is 0 Å². The largest absolute Gasteiger partial charge is 0.395 e. The highest BCUT2D eigenvalue weighted by atomic mass is 32.1. The molecule has 0 aliphatic rings. The Balaban J connectivity index is 2.89. The number of aryl methyl sites for hydroxylation is 1. The van der Waals surface area contributed by atoms with Gasteiger partial charge in [-0.15, -0.1) is 11.3 Å². The van der Waals surface area contributed by atoms with Crippen LogP contribution in [-0.2, 0) is 0 Å². The molecule has 0 spiro atoms. The lowest BCUT2D eigenvalue weighted by molar-refractivity contribution is 0.136. The van der Waals surface area contributed by atoms with E-state index >= 15 is 0 Å². The number of nitrogens with zero attached hydrogens (tertiary/aromatic N) is 1. The Bertz CT molecular complexity index is 338. The van der Waals surface area contributed by atoms with Crippen molar-refractivity contribution in [2.75, 3.05) is 19.7 Å². The van der Waals surface area contributed by atoms with E-state index in [2.05, 4.69) is 37.1 Å². The molecular weight excluding hydrogens is 244 g/mol. The molecule has 1 aromatic rings. The molecule has 2 unspecified atom stereocenters. The number of hydrogen-bond donors (Lipinski definition) is 2. The van der Waals surface area contributed by atoms with Gasteiger partial charge in [0, 0.05) is 17.5 Å². The van der Waals surface area contributed by atoms with Crippen molar-refractivity contribution in [3.8, 4) is 0 Å². The summed E-state index contributed by atoms with van der Waals surface area (Å²) in [7, 11) is 0. The fraction of sp³-hybridized carbons (Fsp3) is 0.714. The summed E-state index contributed by atoms with van der Waals surface area (Å²) in [5, 5.41) is 11.4. The maximum atomic E-state index is 9.25. The molecule has 104 valence electrons. The summed E-state index contributed by atoms with van der Waals surface area (Å²) in [4.78, 5) is 3.67. The van der Waals surface area contributed by atoms with E-state index in [1.165, 1.54) is 10.4 Å². The third kappa shape index (κ3) is 4.05. The second kappa shape index (κ2) is 7.89. The molecule has 1 heterocycles. The molecule has 1 aromatic heterocycles. The Kier molecular flexibility index (Phi) is 6.86. The molecule has 2 atom stereocenters. The number of thiophene rings is 1. The predicted octanol–water partition coefficient (Wildman–Crippen LogP) is 2.54. The van der Waals surface area contributed by atoms with Gasteiger partial charge in [0.2, 0.25) is 0 Å². The number of nitrogens with two attached hydrogens (primary N) is 1. The van der Waals surface area contributed by atoms with Crippen LogP contribution in [0.15, 0.2) is 11.4 Å². The summed E-state index contributed by atoms with van der Waals surface area (Å²) >= 11 is 1.77. The van der Waals surface area contributed by atoms with Gasteiger partial charge in [-0.1, -0.05) is 13.3 Å². The minimum atomic E-state index is 0.0748. The molecule has 4 heteroatoms. The Morgan fingerprint density at radius 1 is 1.44 bits per heavy atom. The lowest BCUT2D eigenvalue weighted by Crippen LogP contribution is -2.41. The van der Waals surface area contributed by atoms with Crippen LogP contribution in [0, 0.1) is 6.92 Å². The van der Waals surface area contributed by atoms with Gasteiger partial charge < -0.3 is 10.8 Å². The van der Waals surface area contributed by atoms with Crippen LogP contribution in [0.3, 0.4) is 0 Å². The smallest absolute Gasteiger partial charge is 0.0594 e. The van der Waals surface area contributed by atoms with Crippen LogP contribution in [0.4, 0.5) is 0 Å². The first-order chi connectivity index (χ1) is 8.61. The Labute approximate surface area is 115 Å². The van der Waals surface area contributed by atoms with Gasteiger partial charge in [0.15, 0.2) is 0 Å². The lowest BCUT2D eigenvalue weighted by atomic mass is 10.0. The second-order valence-electron chi connectivity index (χ2n) is 4.88. The van der Waals surface area contributed by atoms with Crippen LogP contribution >= 0.6 is 11.3 Å². The van der Waals surface area contributed by atoms with Gasteiger partial charge in [-0.2, -0.15) is 0 Å². The van der Waals surface area contributed by atoms with Crippen LogP contribution < -0.4 is 5.73 Å². The molecule has 0 aliphatic carbocycles. The van der Waals surface area contributed by atoms with Gasteiger partial charge in [0.05, 0.1) is 12.6 Å². The van der Waals surface area contributed by atoms with Crippen LogP contribution in [0.5, 0.6) is 0 Å². The molecule has 0 aromatic carbocycles. The first-order valence-corrected chi connectivity index (χ1v) is 7.64. The average Bonchev–Trinajstić information content (AvgIpc) is 2.72. The molecule has 0 saturated heterocycles. The second-order valence-corrected chi connectivity index (χ2v) is 5.83. The monoisotopic (exact) mass is 270 g/mol. The molecule has 0 saturated carbocycles. The molecule has 3 nitrogen and oxygen atoms in total. The van der Waals surface area contributed by atoms with E-state index in [0.29, 0.717) is 6.54 Å². The number of aliphatic hydroxyl groups excluding tert-OH is 1. The van der Waals surface area contributed by atoms with Gasteiger partial charge in [-0.25, -0.2) is 0 Å². The molecule has 3 N–H and O–H groups in total. The van der Waals surface area contributed by atoms with Crippen molar-refractivity contribution in [3.63, 3.8) is 0 Å². The summed E-state index contributed by atoms with van der Waals surface area (Å²) in [5.74, 6) is 0. The maximum absolute atomic E-state index is 9.25. The molecule has 0 amide bonds. The van der Waals surface area contributed by atoms with E-state index in [-0.39, 0.29) is 18.7 Å². The zero-order valence-electron chi connectivity index (χ0n) is 11.7. The van der Waals surface area contributed by atoms with E-state index in [4.69, 9.17) is 5.73 Å². The molecule has 0 aliphatic heterocycles. The fourth-order valence-electron chi connectivity index (χ4n) is 2.30. The van der Waals surface area contributed by atoms with Crippen molar-refractivity contribution in [3.05, 3.63) is 21.9 Å². The Morgan fingerprint density at radius 2 is 2.17 bits per heavy atom. The minimum absolute atomic E-state index is 0.0748. The number of rotatable bonds is 8. The lowest BCUT2D eigenvalue weighted by Gasteiger charge is -2.33. The predicted molar refractivity (Wildman–Crippen MR) is 79.0 cm³/mol. The standard InChI is InChI=1S/C14H26N2OS/c1-4-5-7-16(8-9-17)13(12(3)15)14-11(2)6-10-18-14/h6,10,12-13,17H,4-5,7-9,15H2,1-3H3. The minimum Gasteiger partial charge on any atom is -0.395 e. The van der Waals surface area contributed by atoms with E-state index in [1.807, 2.05) is 0 Å². The highest BCUT2D eigenvalue weighted by Gasteiger charge is 2.25. The van der Waals surface area contributed by atoms with Crippen LogP contribution in [-0.4, -0.2) is 35.7 Å². The number of hydrogen-bond acceptors (Lipinski definition) is 4. The SMILES string of the molecule is CCCCN(CCO)C(c1sccc1C)C(C)N. The zero-order chi connectivity index (χ0) is 13.5. The topological polar surface area (TPSA) is 49.5 Å². The first kappa shape index (κ1) is 15.6. The van der Waals surface area contributed by atoms with Crippen LogP contribution in [0.1, 0.15) is 43.2 Å². The van der Waals surface area contributed by atoms with E-state index in [0.717, 1.165) is 19.4 Å². The Morgan fingerprint density at radius 3 is 2.61 bits per heavy atom. The van der Waals surface area contributed by atoms with Gasteiger partial charge in [-0.05, 0) is 43.8 Å². The van der Waals surface area contributed by atoms with E-state index < -0.39 is 0 Å². The Hall–Kier alpha value is -0.420. The fourth-order valence-corrected chi connectivity index (χ4v) is 3.48. The van der Waals surface area contributed by atoms with Gasteiger partial charge >= 0.3 is 0 Å². The molecule has 0 fully saturated rings. The van der Waals surface area contributed by atoms with Crippen LogP contribution in [0.25, 0.3) is 0 Å². The van der Waals surface area contributed by atoms with Crippen molar-refractivity contribution < 1.29 is 5.11 Å². The molecule has 0 bridgehead atoms. The van der Waals surface area contributed by atoms with Crippen molar-refractivity contribution in [1.82, 2.24) is 4.90 Å². The third-order valence-electron chi connectivity index (χ3n) is 3.25. The quantitative estimate of drug-likeness (QED) is 0.763. The van der Waals surface area contributed by atoms with Crippen molar-refractivity contribution >= 4 is 11.3 Å². The summed E-state index contributed by atoms with van der Waals surface area (Å²) in [6.45, 7) is 8.27. The van der Waals surface area contributed by atoms with Crippen molar-refractivity contribution in [2.24, 2.45) is 5.73 Å². The normalized spacial score (nSPS) is 15.0. The molecule has 0 radical (unpaired) electrons. The molecule has 18 heavy (non-hydrogen) atoms. The summed E-state index contributed by atoms with van der Waals surface area (Å²) in [6.07, 6.45) is 2.31. The van der Waals surface area contributed by atoms with E-state index in [1.54, 1.807) is 11.3 Å². The highest BCUT2D eigenvalue weighted by molar-refractivity contribution is 7.10. The summed E-state index contributed by atoms with van der Waals surface area (Å²) < 4.78 is 0. The summed E-state index contributed by atoms with van der Waals surface area (Å²) in [5.41, 5.74) is 7.49. The van der Waals surface area contributed by atoms with Crippen molar-refractivity contribution in [2.45, 2.75) is 45.7 Å². The highest BCUT2D eigenvalue weighted by Crippen LogP contribution is 2.30. The third-order valence-corrected chi connectivity index (χ3v) is 4.34. The maximum Gasteiger partial charge on any atom is 0.0594 e. The first-order valence-electron chi connectivity index (χ1n) is 6.76. The van der Waals surface area contributed by atoms with Gasteiger partial charge in [0.1, 0.15) is 0 Å². The number of aliphatic hydroxyl groups is 1. The molecule has 1 rings (SSSR count). The molecular formula is C14H26N2OS. The van der Waals surface area contributed by atoms with Crippen LogP contribution in [0.2, 0.25) is 0 Å². The number of unbranched alkanes of at least 4 members (excludes halogenated alkanes) is 1. The average molecular weight is 270 g/mol. The van der Waals surface area contributed by atoms with Gasteiger partial charge in [0.25, 0.3) is 0 Å². The van der Waals surface area contributed by atoms with E-state index in [9.17, 15) is 5.11 Å². The zero-order valence-corrected chi connectivity index (χ0v) is 12.5. The van der Waals surface area contributed by atoms with Gasteiger partial charge in [-0.3, -0.25) is 4.90 Å².